The number of fused-ring (bicyclic) bond motifs is 1. The molecule has 0 aliphatic heterocycles. The second-order valence-electron chi connectivity index (χ2n) is 4.39. The van der Waals surface area contributed by atoms with E-state index in [4.69, 9.17) is 11.6 Å². The van der Waals surface area contributed by atoms with Crippen LogP contribution in [-0.4, -0.2) is 5.78 Å². The van der Waals surface area contributed by atoms with E-state index in [0.717, 1.165) is 21.6 Å². The van der Waals surface area contributed by atoms with Crippen molar-refractivity contribution in [2.24, 2.45) is 0 Å². The SMILES string of the molecule is Cc1ccc(/C=C2/Cc3c(Cl)cccc3C2=O)s1. The molecular formula is C15H11ClOS. The van der Waals surface area contributed by atoms with Crippen molar-refractivity contribution in [2.75, 3.05) is 0 Å². The molecule has 0 bridgehead atoms. The van der Waals surface area contributed by atoms with Gasteiger partial charge in [0.15, 0.2) is 5.78 Å². The summed E-state index contributed by atoms with van der Waals surface area (Å²) < 4.78 is 0. The second-order valence-corrected chi connectivity index (χ2v) is 6.12. The first-order valence-corrected chi connectivity index (χ1v) is 6.93. The number of hydrogen-bond acceptors (Lipinski definition) is 2. The van der Waals surface area contributed by atoms with Crippen molar-refractivity contribution in [1.82, 2.24) is 0 Å². The van der Waals surface area contributed by atoms with Crippen LogP contribution in [0.1, 0.15) is 25.7 Å². The van der Waals surface area contributed by atoms with Gasteiger partial charge in [0.1, 0.15) is 0 Å². The molecular weight excluding hydrogens is 264 g/mol. The van der Waals surface area contributed by atoms with Gasteiger partial charge >= 0.3 is 0 Å². The van der Waals surface area contributed by atoms with Crippen LogP contribution >= 0.6 is 22.9 Å². The molecule has 0 saturated carbocycles. The normalized spacial score (nSPS) is 16.3. The lowest BCUT2D eigenvalue weighted by atomic mass is 10.1. The van der Waals surface area contributed by atoms with Gasteiger partial charge in [-0.2, -0.15) is 0 Å². The summed E-state index contributed by atoms with van der Waals surface area (Å²) in [7, 11) is 0. The maximum absolute atomic E-state index is 12.2. The Morgan fingerprint density at radius 1 is 1.28 bits per heavy atom. The zero-order valence-corrected chi connectivity index (χ0v) is 11.4. The predicted molar refractivity (Wildman–Crippen MR) is 76.5 cm³/mol. The number of aryl methyl sites for hydroxylation is 1. The van der Waals surface area contributed by atoms with Crippen LogP contribution < -0.4 is 0 Å². The zero-order valence-electron chi connectivity index (χ0n) is 9.87. The maximum atomic E-state index is 12.2. The number of carbonyl (C=O) groups excluding carboxylic acids is 1. The Morgan fingerprint density at radius 3 is 2.78 bits per heavy atom. The smallest absolute Gasteiger partial charge is 0.189 e. The first-order valence-electron chi connectivity index (χ1n) is 5.74. The minimum Gasteiger partial charge on any atom is -0.289 e. The predicted octanol–water partition coefficient (Wildman–Crippen LogP) is 4.53. The summed E-state index contributed by atoms with van der Waals surface area (Å²) in [5.74, 6) is 0.110. The molecule has 1 aliphatic rings. The summed E-state index contributed by atoms with van der Waals surface area (Å²) in [5.41, 5.74) is 2.55. The van der Waals surface area contributed by atoms with Crippen molar-refractivity contribution >= 4 is 34.8 Å². The first kappa shape index (κ1) is 11.7. The lowest BCUT2D eigenvalue weighted by molar-refractivity contribution is 0.104. The number of ketones is 1. The number of allylic oxidation sites excluding steroid dienone is 1. The third kappa shape index (κ3) is 1.92. The molecule has 1 nitrogen and oxygen atoms in total. The largest absolute Gasteiger partial charge is 0.289 e. The number of benzene rings is 1. The fourth-order valence-electron chi connectivity index (χ4n) is 2.21. The van der Waals surface area contributed by atoms with E-state index in [1.54, 1.807) is 11.3 Å². The molecule has 3 heteroatoms. The molecule has 0 radical (unpaired) electrons. The van der Waals surface area contributed by atoms with Crippen molar-refractivity contribution in [3.05, 3.63) is 61.8 Å². The van der Waals surface area contributed by atoms with Gasteiger partial charge in [0.2, 0.25) is 0 Å². The Hall–Kier alpha value is -1.38. The van der Waals surface area contributed by atoms with Crippen molar-refractivity contribution in [3.8, 4) is 0 Å². The molecule has 2 aromatic rings. The average molecular weight is 275 g/mol. The Kier molecular flexibility index (Phi) is 2.84. The fourth-order valence-corrected chi connectivity index (χ4v) is 3.30. The van der Waals surface area contributed by atoms with E-state index < -0.39 is 0 Å². The molecule has 18 heavy (non-hydrogen) atoms. The van der Waals surface area contributed by atoms with Crippen molar-refractivity contribution in [3.63, 3.8) is 0 Å². The molecule has 1 aromatic heterocycles. The van der Waals surface area contributed by atoms with E-state index in [1.165, 1.54) is 4.88 Å². The quantitative estimate of drug-likeness (QED) is 0.698. The van der Waals surface area contributed by atoms with Crippen LogP contribution in [0.25, 0.3) is 6.08 Å². The van der Waals surface area contributed by atoms with Gasteiger partial charge in [0.05, 0.1) is 0 Å². The summed E-state index contributed by atoms with van der Waals surface area (Å²) in [4.78, 5) is 14.6. The summed E-state index contributed by atoms with van der Waals surface area (Å²) >= 11 is 7.83. The Labute approximate surface area is 115 Å². The third-order valence-electron chi connectivity index (χ3n) is 3.10. The number of Topliss-reactive ketones (excluding diaryl/α,β-unsaturated/α-hetero) is 1. The van der Waals surface area contributed by atoms with Gasteiger partial charge in [-0.15, -0.1) is 11.3 Å². The summed E-state index contributed by atoms with van der Waals surface area (Å²) in [6.07, 6.45) is 2.63. The molecule has 0 fully saturated rings. The molecule has 1 aliphatic carbocycles. The van der Waals surface area contributed by atoms with E-state index in [1.807, 2.05) is 30.3 Å². The van der Waals surface area contributed by atoms with Crippen LogP contribution in [0.4, 0.5) is 0 Å². The number of rotatable bonds is 1. The van der Waals surface area contributed by atoms with Crippen molar-refractivity contribution < 1.29 is 4.79 Å². The fraction of sp³-hybridized carbons (Fsp3) is 0.133. The van der Waals surface area contributed by atoms with Gasteiger partial charge in [0.25, 0.3) is 0 Å². The van der Waals surface area contributed by atoms with E-state index >= 15 is 0 Å². The monoisotopic (exact) mass is 274 g/mol. The Bertz CT molecular complexity index is 667. The summed E-state index contributed by atoms with van der Waals surface area (Å²) in [5, 5.41) is 0.687. The van der Waals surface area contributed by atoms with Gasteiger partial charge in [-0.25, -0.2) is 0 Å². The van der Waals surface area contributed by atoms with Gasteiger partial charge < -0.3 is 0 Å². The lowest BCUT2D eigenvalue weighted by Crippen LogP contribution is -1.94. The van der Waals surface area contributed by atoms with E-state index in [-0.39, 0.29) is 5.78 Å². The van der Waals surface area contributed by atoms with Gasteiger partial charge in [-0.1, -0.05) is 23.7 Å². The summed E-state index contributed by atoms with van der Waals surface area (Å²) in [6, 6.07) is 9.63. The first-order chi connectivity index (χ1) is 8.65. The number of halogens is 1. The van der Waals surface area contributed by atoms with E-state index in [9.17, 15) is 4.79 Å². The highest BCUT2D eigenvalue weighted by molar-refractivity contribution is 7.12. The van der Waals surface area contributed by atoms with Crippen LogP contribution in [-0.2, 0) is 6.42 Å². The van der Waals surface area contributed by atoms with Gasteiger partial charge in [0, 0.05) is 32.3 Å². The molecule has 0 unspecified atom stereocenters. The molecule has 0 N–H and O–H groups in total. The van der Waals surface area contributed by atoms with Crippen LogP contribution in [0.3, 0.4) is 0 Å². The van der Waals surface area contributed by atoms with Crippen LogP contribution in [0.15, 0.2) is 35.9 Å². The Balaban J connectivity index is 2.02. The topological polar surface area (TPSA) is 17.1 Å². The molecule has 3 rings (SSSR count). The maximum Gasteiger partial charge on any atom is 0.189 e. The van der Waals surface area contributed by atoms with Crippen LogP contribution in [0, 0.1) is 6.92 Å². The Morgan fingerprint density at radius 2 is 2.11 bits per heavy atom. The van der Waals surface area contributed by atoms with Crippen LogP contribution in [0.5, 0.6) is 0 Å². The molecule has 90 valence electrons. The highest BCUT2D eigenvalue weighted by atomic mass is 35.5. The van der Waals surface area contributed by atoms with Crippen LogP contribution in [0.2, 0.25) is 5.02 Å². The standard InChI is InChI=1S/C15H11ClOS/c1-9-5-6-11(18-9)7-10-8-13-12(15(10)17)3-2-4-14(13)16/h2-7H,8H2,1H3/b10-7-. The minimum absolute atomic E-state index is 0.110. The van der Waals surface area contributed by atoms with E-state index in [0.29, 0.717) is 11.4 Å². The molecule has 1 heterocycles. The molecule has 0 atom stereocenters. The second kappa shape index (κ2) is 4.38. The molecule has 0 amide bonds. The van der Waals surface area contributed by atoms with Gasteiger partial charge in [-0.3, -0.25) is 4.79 Å². The molecule has 1 aromatic carbocycles. The zero-order chi connectivity index (χ0) is 12.7. The number of hydrogen-bond donors (Lipinski definition) is 0. The summed E-state index contributed by atoms with van der Waals surface area (Å²) in [6.45, 7) is 2.06. The lowest BCUT2D eigenvalue weighted by Gasteiger charge is -1.97. The van der Waals surface area contributed by atoms with Crippen molar-refractivity contribution in [2.45, 2.75) is 13.3 Å². The highest BCUT2D eigenvalue weighted by Crippen LogP contribution is 2.33. The third-order valence-corrected chi connectivity index (χ3v) is 4.40. The van der Waals surface area contributed by atoms with Crippen molar-refractivity contribution in [1.29, 1.82) is 0 Å². The highest BCUT2D eigenvalue weighted by Gasteiger charge is 2.26. The number of thiophene rings is 1. The number of carbonyl (C=O) groups is 1. The molecule has 0 spiro atoms. The van der Waals surface area contributed by atoms with Gasteiger partial charge in [-0.05, 0) is 36.8 Å². The molecule has 0 saturated heterocycles. The average Bonchev–Trinajstić information content (AvgIpc) is 2.88. The van der Waals surface area contributed by atoms with E-state index in [2.05, 4.69) is 13.0 Å². The minimum atomic E-state index is 0.110.